The molecular weight excluding hydrogens is 392 g/mol. The Morgan fingerprint density at radius 2 is 1.94 bits per heavy atom. The lowest BCUT2D eigenvalue weighted by Crippen LogP contribution is -2.31. The number of hydrogen-bond donors (Lipinski definition) is 1. The molecule has 8 nitrogen and oxygen atoms in total. The van der Waals surface area contributed by atoms with Crippen LogP contribution in [0.25, 0.3) is 11.0 Å². The summed E-state index contributed by atoms with van der Waals surface area (Å²) in [7, 11) is 3.54. The number of hydrogen-bond acceptors (Lipinski definition) is 5. The lowest BCUT2D eigenvalue weighted by atomic mass is 10.0. The maximum atomic E-state index is 13.5. The molecule has 8 heteroatoms. The zero-order chi connectivity index (χ0) is 22.1. The number of carbonyl (C=O) groups is 1. The Morgan fingerprint density at radius 3 is 2.55 bits per heavy atom. The van der Waals surface area contributed by atoms with E-state index in [4.69, 9.17) is 4.74 Å². The smallest absolute Gasteiger partial charge is 0.253 e. The van der Waals surface area contributed by atoms with Crippen LogP contribution < -0.4 is 10.1 Å². The van der Waals surface area contributed by atoms with Crippen molar-refractivity contribution in [3.63, 3.8) is 0 Å². The number of pyridine rings is 1. The molecule has 1 aromatic carbocycles. The van der Waals surface area contributed by atoms with Gasteiger partial charge in [0.15, 0.2) is 5.65 Å². The van der Waals surface area contributed by atoms with Crippen LogP contribution in [0.5, 0.6) is 5.75 Å². The topological polar surface area (TPSA) is 86.9 Å². The van der Waals surface area contributed by atoms with Crippen molar-refractivity contribution in [1.82, 2.24) is 29.6 Å². The molecule has 3 heterocycles. The van der Waals surface area contributed by atoms with Crippen molar-refractivity contribution in [3.8, 4) is 5.75 Å². The molecule has 3 aromatic heterocycles. The molecule has 4 rings (SSSR count). The number of methoxy groups -OCH3 is 1. The lowest BCUT2D eigenvalue weighted by molar-refractivity contribution is 0.0942. The van der Waals surface area contributed by atoms with Gasteiger partial charge in [-0.15, -0.1) is 0 Å². The van der Waals surface area contributed by atoms with Gasteiger partial charge in [0.2, 0.25) is 0 Å². The van der Waals surface area contributed by atoms with Crippen molar-refractivity contribution in [2.45, 2.75) is 32.9 Å². The lowest BCUT2D eigenvalue weighted by Gasteiger charge is -2.20. The molecule has 0 aliphatic rings. The van der Waals surface area contributed by atoms with E-state index in [9.17, 15) is 4.79 Å². The Kier molecular flexibility index (Phi) is 5.46. The van der Waals surface area contributed by atoms with Crippen LogP contribution in [0.15, 0.2) is 48.9 Å². The van der Waals surface area contributed by atoms with Gasteiger partial charge in [0.1, 0.15) is 17.6 Å². The van der Waals surface area contributed by atoms with Crippen LogP contribution in [0, 0.1) is 6.92 Å². The van der Waals surface area contributed by atoms with Crippen LogP contribution in [0.4, 0.5) is 0 Å². The summed E-state index contributed by atoms with van der Waals surface area (Å²) in [5.74, 6) is 1.28. The van der Waals surface area contributed by atoms with Gasteiger partial charge in [-0.2, -0.15) is 5.10 Å². The van der Waals surface area contributed by atoms with Crippen LogP contribution >= 0.6 is 0 Å². The fraction of sp³-hybridized carbons (Fsp3) is 0.304. The number of ether oxygens (including phenoxy) is 1. The highest BCUT2D eigenvalue weighted by atomic mass is 16.5. The predicted octanol–water partition coefficient (Wildman–Crippen LogP) is 3.58. The summed E-state index contributed by atoms with van der Waals surface area (Å²) in [6.45, 7) is 5.96. The number of aromatic nitrogens is 5. The summed E-state index contributed by atoms with van der Waals surface area (Å²) < 4.78 is 9.01. The number of fused-ring (bicyclic) bond motifs is 1. The molecule has 0 aliphatic carbocycles. The van der Waals surface area contributed by atoms with E-state index >= 15 is 0 Å². The van der Waals surface area contributed by atoms with Gasteiger partial charge >= 0.3 is 0 Å². The number of nitrogens with zero attached hydrogens (tertiary/aromatic N) is 5. The Hall–Kier alpha value is -3.68. The number of carbonyl (C=O) groups excluding carboxylic acids is 1. The molecule has 0 unspecified atom stereocenters. The Bertz CT molecular complexity index is 1220. The third kappa shape index (κ3) is 3.88. The predicted molar refractivity (Wildman–Crippen MR) is 118 cm³/mol. The first-order chi connectivity index (χ1) is 14.9. The van der Waals surface area contributed by atoms with E-state index < -0.39 is 6.04 Å². The molecule has 1 N–H and O–H groups in total. The fourth-order valence-electron chi connectivity index (χ4n) is 3.67. The zero-order valence-corrected chi connectivity index (χ0v) is 18.3. The molecular formula is C23H26N6O2. The summed E-state index contributed by atoms with van der Waals surface area (Å²) in [6, 6.07) is 9.13. The van der Waals surface area contributed by atoms with Gasteiger partial charge in [0.25, 0.3) is 5.91 Å². The molecule has 4 aromatic rings. The van der Waals surface area contributed by atoms with Crippen molar-refractivity contribution in [1.29, 1.82) is 0 Å². The first-order valence-electron chi connectivity index (χ1n) is 10.2. The van der Waals surface area contributed by atoms with E-state index in [1.54, 1.807) is 25.6 Å². The molecule has 31 heavy (non-hydrogen) atoms. The minimum Gasteiger partial charge on any atom is -0.497 e. The van der Waals surface area contributed by atoms with E-state index in [-0.39, 0.29) is 11.9 Å². The minimum atomic E-state index is -0.429. The first kappa shape index (κ1) is 20.6. The number of benzene rings is 1. The van der Waals surface area contributed by atoms with Gasteiger partial charge in [0.05, 0.1) is 24.3 Å². The second kappa shape index (κ2) is 8.22. The van der Waals surface area contributed by atoms with Crippen molar-refractivity contribution in [3.05, 3.63) is 71.6 Å². The highest BCUT2D eigenvalue weighted by Crippen LogP contribution is 2.26. The molecule has 1 atom stereocenters. The standard InChI is InChI=1S/C23H26N6O2/c1-14(2)29-21-19(13-25-29)18(12-15(3)26-21)23(30)27-20(22-24-10-11-28(22)4)16-6-8-17(31-5)9-7-16/h6-14,20H,1-5H3,(H,27,30)/t20-/m1/s1. The largest absolute Gasteiger partial charge is 0.497 e. The number of imidazole rings is 1. The summed E-state index contributed by atoms with van der Waals surface area (Å²) in [4.78, 5) is 22.6. The summed E-state index contributed by atoms with van der Waals surface area (Å²) in [6.07, 6.45) is 5.29. The fourth-order valence-corrected chi connectivity index (χ4v) is 3.67. The van der Waals surface area contributed by atoms with E-state index in [0.717, 1.165) is 28.2 Å². The molecule has 0 fully saturated rings. The van der Waals surface area contributed by atoms with E-state index in [2.05, 4.69) is 20.4 Å². The van der Waals surface area contributed by atoms with E-state index in [1.165, 1.54) is 0 Å². The molecule has 0 saturated heterocycles. The first-order valence-corrected chi connectivity index (χ1v) is 10.2. The van der Waals surface area contributed by atoms with Crippen LogP contribution in [0.2, 0.25) is 0 Å². The molecule has 0 aliphatic heterocycles. The number of amides is 1. The maximum absolute atomic E-state index is 13.5. The summed E-state index contributed by atoms with van der Waals surface area (Å²) in [5, 5.41) is 8.33. The highest BCUT2D eigenvalue weighted by molar-refractivity contribution is 6.05. The van der Waals surface area contributed by atoms with Crippen molar-refractivity contribution in [2.75, 3.05) is 7.11 Å². The van der Waals surface area contributed by atoms with E-state index in [1.807, 2.05) is 67.5 Å². The molecule has 0 spiro atoms. The summed E-state index contributed by atoms with van der Waals surface area (Å²) >= 11 is 0. The normalized spacial score (nSPS) is 12.3. The maximum Gasteiger partial charge on any atom is 0.253 e. The third-order valence-electron chi connectivity index (χ3n) is 5.27. The second-order valence-electron chi connectivity index (χ2n) is 7.81. The van der Waals surface area contributed by atoms with Crippen LogP contribution in [-0.4, -0.2) is 37.3 Å². The van der Waals surface area contributed by atoms with Gasteiger partial charge < -0.3 is 14.6 Å². The van der Waals surface area contributed by atoms with Crippen molar-refractivity contribution < 1.29 is 9.53 Å². The minimum absolute atomic E-state index is 0.141. The molecule has 0 saturated carbocycles. The van der Waals surface area contributed by atoms with Gasteiger partial charge in [-0.3, -0.25) is 4.79 Å². The SMILES string of the molecule is COc1ccc([C@@H](NC(=O)c2cc(C)nc3c2cnn3C(C)C)c2nccn2C)cc1. The van der Waals surface area contributed by atoms with Crippen LogP contribution in [-0.2, 0) is 7.05 Å². The van der Waals surface area contributed by atoms with Gasteiger partial charge in [0, 0.05) is 31.2 Å². The third-order valence-corrected chi connectivity index (χ3v) is 5.27. The van der Waals surface area contributed by atoms with E-state index in [0.29, 0.717) is 11.2 Å². The summed E-state index contributed by atoms with van der Waals surface area (Å²) in [5.41, 5.74) is 2.92. The van der Waals surface area contributed by atoms with Crippen molar-refractivity contribution >= 4 is 16.9 Å². The Morgan fingerprint density at radius 1 is 1.19 bits per heavy atom. The monoisotopic (exact) mass is 418 g/mol. The number of aryl methyl sites for hydroxylation is 2. The highest BCUT2D eigenvalue weighted by Gasteiger charge is 2.24. The number of nitrogens with one attached hydrogen (secondary N) is 1. The second-order valence-corrected chi connectivity index (χ2v) is 7.81. The molecule has 160 valence electrons. The van der Waals surface area contributed by atoms with Gasteiger partial charge in [-0.1, -0.05) is 12.1 Å². The average Bonchev–Trinajstić information content (AvgIpc) is 3.37. The van der Waals surface area contributed by atoms with Gasteiger partial charge in [-0.25, -0.2) is 14.6 Å². The van der Waals surface area contributed by atoms with Crippen LogP contribution in [0.3, 0.4) is 0 Å². The zero-order valence-electron chi connectivity index (χ0n) is 18.3. The molecule has 1 amide bonds. The van der Waals surface area contributed by atoms with Crippen LogP contribution in [0.1, 0.15) is 53.4 Å². The average molecular weight is 419 g/mol. The Labute approximate surface area is 180 Å². The van der Waals surface area contributed by atoms with Gasteiger partial charge in [-0.05, 0) is 44.5 Å². The van der Waals surface area contributed by atoms with Crippen molar-refractivity contribution in [2.24, 2.45) is 7.05 Å². The quantitative estimate of drug-likeness (QED) is 0.517. The molecule has 0 bridgehead atoms. The number of rotatable bonds is 6. The Balaban J connectivity index is 1.75. The molecule has 0 radical (unpaired) electrons.